The molecule has 0 aliphatic rings. The molecule has 0 saturated heterocycles. The van der Waals surface area contributed by atoms with E-state index >= 15 is 0 Å². The smallest absolute Gasteiger partial charge is 0.219 e. The van der Waals surface area contributed by atoms with Crippen molar-refractivity contribution < 1.29 is 17.9 Å². The van der Waals surface area contributed by atoms with Crippen molar-refractivity contribution in [1.82, 2.24) is 9.62 Å². The molecule has 1 amide bonds. The summed E-state index contributed by atoms with van der Waals surface area (Å²) >= 11 is 0. The van der Waals surface area contributed by atoms with Crippen molar-refractivity contribution in [3.63, 3.8) is 0 Å². The maximum atomic E-state index is 11.6. The highest BCUT2D eigenvalue weighted by Crippen LogP contribution is 2.19. The van der Waals surface area contributed by atoms with Crippen molar-refractivity contribution in [3.05, 3.63) is 29.8 Å². The van der Waals surface area contributed by atoms with Crippen LogP contribution in [0.25, 0.3) is 0 Å². The molecule has 1 aromatic rings. The maximum absolute atomic E-state index is 11.6. The van der Waals surface area contributed by atoms with Gasteiger partial charge in [-0.3, -0.25) is 4.79 Å². The topological polar surface area (TPSA) is 75.7 Å². The second-order valence-electron chi connectivity index (χ2n) is 4.42. The molecule has 0 saturated carbocycles. The molecule has 0 atom stereocenters. The molecule has 0 unspecified atom stereocenters. The number of hydrogen-bond donors (Lipinski definition) is 1. The number of ether oxygens (including phenoxy) is 1. The Morgan fingerprint density at radius 1 is 1.35 bits per heavy atom. The van der Waals surface area contributed by atoms with E-state index < -0.39 is 10.0 Å². The molecule has 0 heterocycles. The van der Waals surface area contributed by atoms with Gasteiger partial charge in [-0.2, -0.15) is 0 Å². The number of benzene rings is 1. The van der Waals surface area contributed by atoms with Crippen LogP contribution in [0.4, 0.5) is 0 Å². The van der Waals surface area contributed by atoms with Gasteiger partial charge in [0.05, 0.1) is 13.4 Å². The van der Waals surface area contributed by atoms with Crippen molar-refractivity contribution in [2.75, 3.05) is 26.5 Å². The molecular formula is C13H20N2O4S. The monoisotopic (exact) mass is 300 g/mol. The van der Waals surface area contributed by atoms with E-state index in [4.69, 9.17) is 4.74 Å². The summed E-state index contributed by atoms with van der Waals surface area (Å²) in [6.45, 7) is 2.33. The summed E-state index contributed by atoms with van der Waals surface area (Å²) in [4.78, 5) is 13.2. The Kier molecular flexibility index (Phi) is 5.97. The van der Waals surface area contributed by atoms with E-state index in [0.717, 1.165) is 11.8 Å². The number of rotatable bonds is 7. The number of para-hydroxylation sites is 1. The average Bonchev–Trinajstić information content (AvgIpc) is 2.36. The van der Waals surface area contributed by atoms with Gasteiger partial charge in [0.15, 0.2) is 0 Å². The first-order chi connectivity index (χ1) is 9.33. The molecule has 0 bridgehead atoms. The molecule has 0 aliphatic heterocycles. The number of methoxy groups -OCH3 is 1. The van der Waals surface area contributed by atoms with Gasteiger partial charge in [-0.15, -0.1) is 0 Å². The summed E-state index contributed by atoms with van der Waals surface area (Å²) in [5.74, 6) is 0.584. The summed E-state index contributed by atoms with van der Waals surface area (Å²) in [5.41, 5.74) is 0.879. The van der Waals surface area contributed by atoms with Gasteiger partial charge < -0.3 is 9.64 Å². The van der Waals surface area contributed by atoms with E-state index in [9.17, 15) is 13.2 Å². The Bertz CT molecular complexity index is 557. The standard InChI is InChI=1S/C13H20N2O4S/c1-11(16)15(9-8-14-20(3,17)18)10-12-6-4-5-7-13(12)19-2/h4-7,14H,8-10H2,1-3H3. The van der Waals surface area contributed by atoms with E-state index in [1.165, 1.54) is 6.92 Å². The molecule has 7 heteroatoms. The van der Waals surface area contributed by atoms with Crippen LogP contribution in [0, 0.1) is 0 Å². The van der Waals surface area contributed by atoms with Gasteiger partial charge in [0.1, 0.15) is 5.75 Å². The van der Waals surface area contributed by atoms with Crippen molar-refractivity contribution in [3.8, 4) is 5.75 Å². The first-order valence-corrected chi connectivity index (χ1v) is 8.04. The molecule has 1 rings (SSSR count). The predicted octanol–water partition coefficient (Wildman–Crippen LogP) is 0.593. The van der Waals surface area contributed by atoms with E-state index in [-0.39, 0.29) is 12.5 Å². The quantitative estimate of drug-likeness (QED) is 0.800. The van der Waals surface area contributed by atoms with Crippen LogP contribution in [0.2, 0.25) is 0 Å². The fourth-order valence-corrected chi connectivity index (χ4v) is 2.22. The number of carbonyl (C=O) groups is 1. The van der Waals surface area contributed by atoms with E-state index in [1.807, 2.05) is 24.3 Å². The van der Waals surface area contributed by atoms with Crippen LogP contribution in [0.1, 0.15) is 12.5 Å². The van der Waals surface area contributed by atoms with Gasteiger partial charge in [0.25, 0.3) is 0 Å². The van der Waals surface area contributed by atoms with Crippen molar-refractivity contribution in [1.29, 1.82) is 0 Å². The average molecular weight is 300 g/mol. The Labute approximate surface area is 119 Å². The summed E-state index contributed by atoms with van der Waals surface area (Å²) in [6.07, 6.45) is 1.09. The number of carbonyl (C=O) groups excluding carboxylic acids is 1. The van der Waals surface area contributed by atoms with Crippen LogP contribution in [0.3, 0.4) is 0 Å². The molecule has 1 N–H and O–H groups in total. The summed E-state index contributed by atoms with van der Waals surface area (Å²) in [5, 5.41) is 0. The Balaban J connectivity index is 2.70. The third-order valence-corrected chi connectivity index (χ3v) is 3.47. The van der Waals surface area contributed by atoms with Crippen LogP contribution in [0.5, 0.6) is 5.75 Å². The summed E-state index contributed by atoms with van der Waals surface area (Å²) in [7, 11) is -1.67. The number of sulfonamides is 1. The zero-order valence-corrected chi connectivity index (χ0v) is 12.7. The Morgan fingerprint density at radius 3 is 2.55 bits per heavy atom. The molecule has 0 aliphatic carbocycles. The van der Waals surface area contributed by atoms with Crippen molar-refractivity contribution >= 4 is 15.9 Å². The first kappa shape index (κ1) is 16.5. The minimum Gasteiger partial charge on any atom is -0.496 e. The van der Waals surface area contributed by atoms with E-state index in [0.29, 0.717) is 18.8 Å². The first-order valence-electron chi connectivity index (χ1n) is 6.15. The molecule has 0 fully saturated rings. The minimum absolute atomic E-state index is 0.119. The van der Waals surface area contributed by atoms with E-state index in [1.54, 1.807) is 12.0 Å². The fourth-order valence-electron chi connectivity index (χ4n) is 1.75. The number of amides is 1. The third-order valence-electron chi connectivity index (χ3n) is 2.75. The van der Waals surface area contributed by atoms with Crippen LogP contribution >= 0.6 is 0 Å². The van der Waals surface area contributed by atoms with Crippen molar-refractivity contribution in [2.45, 2.75) is 13.5 Å². The normalized spacial score (nSPS) is 11.2. The zero-order chi connectivity index (χ0) is 15.2. The zero-order valence-electron chi connectivity index (χ0n) is 11.9. The van der Waals surface area contributed by atoms with E-state index in [2.05, 4.69) is 4.72 Å². The van der Waals surface area contributed by atoms with Crippen molar-refractivity contribution in [2.24, 2.45) is 0 Å². The second kappa shape index (κ2) is 7.25. The molecule has 112 valence electrons. The summed E-state index contributed by atoms with van der Waals surface area (Å²) in [6, 6.07) is 7.41. The molecule has 0 aromatic heterocycles. The number of nitrogens with one attached hydrogen (secondary N) is 1. The fraction of sp³-hybridized carbons (Fsp3) is 0.462. The highest BCUT2D eigenvalue weighted by molar-refractivity contribution is 7.88. The molecule has 0 spiro atoms. The molecule has 1 aromatic carbocycles. The van der Waals surface area contributed by atoms with Gasteiger partial charge in [0, 0.05) is 32.1 Å². The molecular weight excluding hydrogens is 280 g/mol. The minimum atomic E-state index is -3.24. The molecule has 0 radical (unpaired) electrons. The maximum Gasteiger partial charge on any atom is 0.219 e. The predicted molar refractivity (Wildman–Crippen MR) is 76.9 cm³/mol. The van der Waals surface area contributed by atoms with Gasteiger partial charge in [-0.05, 0) is 6.07 Å². The highest BCUT2D eigenvalue weighted by atomic mass is 32.2. The lowest BCUT2D eigenvalue weighted by atomic mass is 10.2. The lowest BCUT2D eigenvalue weighted by Crippen LogP contribution is -2.36. The SMILES string of the molecule is COc1ccccc1CN(CCNS(C)(=O)=O)C(C)=O. The van der Waals surface area contributed by atoms with Gasteiger partial charge >= 0.3 is 0 Å². The number of hydrogen-bond acceptors (Lipinski definition) is 4. The lowest BCUT2D eigenvalue weighted by Gasteiger charge is -2.22. The summed E-state index contributed by atoms with van der Waals surface area (Å²) < 4.78 is 29.6. The van der Waals surface area contributed by atoms with Crippen LogP contribution < -0.4 is 9.46 Å². The third kappa shape index (κ3) is 5.58. The second-order valence-corrected chi connectivity index (χ2v) is 6.25. The Morgan fingerprint density at radius 2 is 2.00 bits per heavy atom. The van der Waals surface area contributed by atoms with Gasteiger partial charge in [-0.25, -0.2) is 13.1 Å². The van der Waals surface area contributed by atoms with Gasteiger partial charge in [-0.1, -0.05) is 18.2 Å². The number of nitrogens with zero attached hydrogens (tertiary/aromatic N) is 1. The largest absolute Gasteiger partial charge is 0.496 e. The van der Waals surface area contributed by atoms with Crippen LogP contribution in [0.15, 0.2) is 24.3 Å². The lowest BCUT2D eigenvalue weighted by molar-refractivity contribution is -0.129. The molecule has 20 heavy (non-hydrogen) atoms. The van der Waals surface area contributed by atoms with Crippen LogP contribution in [-0.2, 0) is 21.4 Å². The van der Waals surface area contributed by atoms with Crippen LogP contribution in [-0.4, -0.2) is 45.7 Å². The highest BCUT2D eigenvalue weighted by Gasteiger charge is 2.12. The van der Waals surface area contributed by atoms with Gasteiger partial charge in [0.2, 0.25) is 15.9 Å². The Hall–Kier alpha value is -1.60. The molecule has 6 nitrogen and oxygen atoms in total.